The van der Waals surface area contributed by atoms with Crippen LogP contribution < -0.4 is 20.1 Å². The summed E-state index contributed by atoms with van der Waals surface area (Å²) in [5.74, 6) is -0.307. The Kier molecular flexibility index (Phi) is 12.6. The zero-order valence-corrected chi connectivity index (χ0v) is 17.6. The Morgan fingerprint density at radius 3 is 2.00 bits per heavy atom. The average molecular weight is 393 g/mol. The summed E-state index contributed by atoms with van der Waals surface area (Å²) in [5.41, 5.74) is 0.404. The molecule has 1 rings (SSSR count). The van der Waals surface area contributed by atoms with Crippen LogP contribution in [0, 0.1) is 0 Å². The molecule has 0 saturated carbocycles. The zero-order valence-electron chi connectivity index (χ0n) is 17.6. The van der Waals surface area contributed by atoms with E-state index in [1.807, 2.05) is 0 Å². The van der Waals surface area contributed by atoms with E-state index in [0.717, 1.165) is 12.8 Å². The SMILES string of the molecule is CCCCCCCCCCCCNC(=O)C(=O)Nc1cc(OC)ccc1OC. The molecule has 0 fully saturated rings. The maximum atomic E-state index is 12.1. The number of benzene rings is 1. The molecule has 158 valence electrons. The number of rotatable bonds is 14. The van der Waals surface area contributed by atoms with Gasteiger partial charge in [0.2, 0.25) is 0 Å². The van der Waals surface area contributed by atoms with E-state index in [1.54, 1.807) is 18.2 Å². The van der Waals surface area contributed by atoms with E-state index >= 15 is 0 Å². The molecule has 1 aromatic carbocycles. The molecule has 0 aromatic heterocycles. The number of ether oxygens (including phenoxy) is 2. The quantitative estimate of drug-likeness (QED) is 0.356. The van der Waals surface area contributed by atoms with Gasteiger partial charge in [-0.25, -0.2) is 0 Å². The van der Waals surface area contributed by atoms with E-state index in [0.29, 0.717) is 23.7 Å². The Labute approximate surface area is 169 Å². The third-order valence-electron chi connectivity index (χ3n) is 4.68. The third-order valence-corrected chi connectivity index (χ3v) is 4.68. The van der Waals surface area contributed by atoms with Crippen LogP contribution in [-0.4, -0.2) is 32.6 Å². The molecule has 0 saturated heterocycles. The number of hydrogen-bond donors (Lipinski definition) is 2. The van der Waals surface area contributed by atoms with Crippen molar-refractivity contribution in [2.75, 3.05) is 26.1 Å². The molecule has 0 spiro atoms. The lowest BCUT2D eigenvalue weighted by Gasteiger charge is -2.11. The van der Waals surface area contributed by atoms with Crippen LogP contribution >= 0.6 is 0 Å². The highest BCUT2D eigenvalue weighted by Gasteiger charge is 2.15. The van der Waals surface area contributed by atoms with Crippen molar-refractivity contribution in [2.24, 2.45) is 0 Å². The summed E-state index contributed by atoms with van der Waals surface area (Å²) in [6.07, 6.45) is 12.3. The first-order valence-electron chi connectivity index (χ1n) is 10.4. The summed E-state index contributed by atoms with van der Waals surface area (Å²) in [6, 6.07) is 5.02. The van der Waals surface area contributed by atoms with Gasteiger partial charge < -0.3 is 20.1 Å². The van der Waals surface area contributed by atoms with E-state index < -0.39 is 11.8 Å². The summed E-state index contributed by atoms with van der Waals surface area (Å²) < 4.78 is 10.3. The second-order valence-electron chi connectivity index (χ2n) is 6.96. The fourth-order valence-electron chi connectivity index (χ4n) is 2.99. The summed E-state index contributed by atoms with van der Waals surface area (Å²) in [7, 11) is 3.04. The smallest absolute Gasteiger partial charge is 0.313 e. The van der Waals surface area contributed by atoms with Crippen LogP contribution in [0.5, 0.6) is 11.5 Å². The van der Waals surface area contributed by atoms with Crippen LogP contribution in [0.2, 0.25) is 0 Å². The molecule has 6 heteroatoms. The molecular formula is C22H36N2O4. The van der Waals surface area contributed by atoms with E-state index in [4.69, 9.17) is 9.47 Å². The van der Waals surface area contributed by atoms with Crippen LogP contribution in [0.15, 0.2) is 18.2 Å². The minimum absolute atomic E-state index is 0.404. The molecule has 0 heterocycles. The molecule has 0 unspecified atom stereocenters. The van der Waals surface area contributed by atoms with E-state index in [1.165, 1.54) is 65.6 Å². The summed E-state index contributed by atoms with van der Waals surface area (Å²) in [6.45, 7) is 2.75. The first-order valence-corrected chi connectivity index (χ1v) is 10.4. The lowest BCUT2D eigenvalue weighted by Crippen LogP contribution is -2.36. The number of carbonyl (C=O) groups is 2. The highest BCUT2D eigenvalue weighted by molar-refractivity contribution is 6.39. The molecule has 6 nitrogen and oxygen atoms in total. The van der Waals surface area contributed by atoms with Gasteiger partial charge in [0, 0.05) is 12.6 Å². The topological polar surface area (TPSA) is 76.7 Å². The summed E-state index contributed by atoms with van der Waals surface area (Å²) >= 11 is 0. The van der Waals surface area contributed by atoms with Gasteiger partial charge in [0.1, 0.15) is 11.5 Å². The Balaban J connectivity index is 2.18. The van der Waals surface area contributed by atoms with Crippen molar-refractivity contribution in [3.63, 3.8) is 0 Å². The number of amides is 2. The maximum Gasteiger partial charge on any atom is 0.313 e. The first-order chi connectivity index (χ1) is 13.6. The highest BCUT2D eigenvalue weighted by atomic mass is 16.5. The molecule has 2 amide bonds. The Bertz CT molecular complexity index is 590. The van der Waals surface area contributed by atoms with Gasteiger partial charge in [-0.1, -0.05) is 64.7 Å². The van der Waals surface area contributed by atoms with Crippen molar-refractivity contribution < 1.29 is 19.1 Å². The monoisotopic (exact) mass is 392 g/mol. The number of carbonyl (C=O) groups excluding carboxylic acids is 2. The molecule has 2 N–H and O–H groups in total. The number of nitrogens with one attached hydrogen (secondary N) is 2. The normalized spacial score (nSPS) is 10.4. The van der Waals surface area contributed by atoms with Gasteiger partial charge in [0.05, 0.1) is 19.9 Å². The van der Waals surface area contributed by atoms with Crippen molar-refractivity contribution in [3.8, 4) is 11.5 Å². The van der Waals surface area contributed by atoms with Gasteiger partial charge in [-0.15, -0.1) is 0 Å². The van der Waals surface area contributed by atoms with E-state index in [9.17, 15) is 9.59 Å². The zero-order chi connectivity index (χ0) is 20.6. The fourth-order valence-corrected chi connectivity index (χ4v) is 2.99. The molecule has 28 heavy (non-hydrogen) atoms. The lowest BCUT2D eigenvalue weighted by molar-refractivity contribution is -0.136. The fraction of sp³-hybridized carbons (Fsp3) is 0.636. The molecule has 0 aliphatic carbocycles. The van der Waals surface area contributed by atoms with Gasteiger partial charge in [-0.2, -0.15) is 0 Å². The van der Waals surface area contributed by atoms with Gasteiger partial charge >= 0.3 is 11.8 Å². The van der Waals surface area contributed by atoms with Crippen molar-refractivity contribution in [1.82, 2.24) is 5.32 Å². The molecule has 1 aromatic rings. The molecule has 0 aliphatic rings. The maximum absolute atomic E-state index is 12.1. The van der Waals surface area contributed by atoms with Crippen molar-refractivity contribution in [2.45, 2.75) is 71.1 Å². The predicted molar refractivity (Wildman–Crippen MR) is 113 cm³/mol. The minimum atomic E-state index is -0.710. The number of hydrogen-bond acceptors (Lipinski definition) is 4. The number of unbranched alkanes of at least 4 members (excludes halogenated alkanes) is 9. The van der Waals surface area contributed by atoms with Gasteiger partial charge in [-0.05, 0) is 18.6 Å². The van der Waals surface area contributed by atoms with Crippen molar-refractivity contribution in [3.05, 3.63) is 18.2 Å². The summed E-state index contributed by atoms with van der Waals surface area (Å²) in [4.78, 5) is 24.0. The minimum Gasteiger partial charge on any atom is -0.497 e. The summed E-state index contributed by atoms with van der Waals surface area (Å²) in [5, 5.41) is 5.24. The van der Waals surface area contributed by atoms with Crippen LogP contribution in [0.1, 0.15) is 71.1 Å². The van der Waals surface area contributed by atoms with Crippen LogP contribution in [0.4, 0.5) is 5.69 Å². The predicted octanol–water partition coefficient (Wildman–Crippen LogP) is 4.68. The Morgan fingerprint density at radius 1 is 0.821 bits per heavy atom. The molecule has 0 aliphatic heterocycles. The molecule has 0 bridgehead atoms. The average Bonchev–Trinajstić information content (AvgIpc) is 2.71. The Hall–Kier alpha value is -2.24. The third kappa shape index (κ3) is 9.62. The first kappa shape index (κ1) is 23.8. The van der Waals surface area contributed by atoms with Crippen molar-refractivity contribution >= 4 is 17.5 Å². The van der Waals surface area contributed by atoms with E-state index in [-0.39, 0.29) is 0 Å². The van der Waals surface area contributed by atoms with Crippen LogP contribution in [-0.2, 0) is 9.59 Å². The van der Waals surface area contributed by atoms with Crippen LogP contribution in [0.25, 0.3) is 0 Å². The van der Waals surface area contributed by atoms with E-state index in [2.05, 4.69) is 17.6 Å². The lowest BCUT2D eigenvalue weighted by atomic mass is 10.1. The highest BCUT2D eigenvalue weighted by Crippen LogP contribution is 2.28. The van der Waals surface area contributed by atoms with Gasteiger partial charge in [-0.3, -0.25) is 9.59 Å². The number of methoxy groups -OCH3 is 2. The van der Waals surface area contributed by atoms with Gasteiger partial charge in [0.15, 0.2) is 0 Å². The second kappa shape index (κ2) is 14.8. The molecule has 0 atom stereocenters. The Morgan fingerprint density at radius 2 is 1.43 bits per heavy atom. The largest absolute Gasteiger partial charge is 0.497 e. The number of anilines is 1. The van der Waals surface area contributed by atoms with Gasteiger partial charge in [0.25, 0.3) is 0 Å². The molecular weight excluding hydrogens is 356 g/mol. The second-order valence-corrected chi connectivity index (χ2v) is 6.96. The van der Waals surface area contributed by atoms with Crippen molar-refractivity contribution in [1.29, 1.82) is 0 Å². The molecule has 0 radical (unpaired) electrons. The standard InChI is InChI=1S/C22H36N2O4/c1-4-5-6-7-8-9-10-11-12-13-16-23-21(25)22(26)24-19-17-18(27-2)14-15-20(19)28-3/h14-15,17H,4-13,16H2,1-3H3,(H,23,25)(H,24,26). The van der Waals surface area contributed by atoms with Crippen LogP contribution in [0.3, 0.4) is 0 Å².